The third-order valence-corrected chi connectivity index (χ3v) is 7.03. The lowest BCUT2D eigenvalue weighted by Crippen LogP contribution is -2.48. The van der Waals surface area contributed by atoms with Gasteiger partial charge in [-0.05, 0) is 74.5 Å². The molecule has 5 rings (SSSR count). The van der Waals surface area contributed by atoms with E-state index in [-0.39, 0.29) is 29.9 Å². The summed E-state index contributed by atoms with van der Waals surface area (Å²) in [5.74, 6) is 2.50. The predicted molar refractivity (Wildman–Crippen MR) is 101 cm³/mol. The van der Waals surface area contributed by atoms with E-state index in [2.05, 4.69) is 10.6 Å². The van der Waals surface area contributed by atoms with Crippen molar-refractivity contribution in [3.8, 4) is 0 Å². The minimum absolute atomic E-state index is 0.0525. The lowest BCUT2D eigenvalue weighted by molar-refractivity contribution is -0.131. The summed E-state index contributed by atoms with van der Waals surface area (Å²) >= 11 is 0. The van der Waals surface area contributed by atoms with Gasteiger partial charge in [-0.25, -0.2) is 0 Å². The van der Waals surface area contributed by atoms with Gasteiger partial charge in [0.2, 0.25) is 11.8 Å². The van der Waals surface area contributed by atoms with Crippen LogP contribution in [0.25, 0.3) is 0 Å². The fourth-order valence-electron chi connectivity index (χ4n) is 6.35. The van der Waals surface area contributed by atoms with Crippen molar-refractivity contribution >= 4 is 11.8 Å². The molecule has 152 valence electrons. The highest BCUT2D eigenvalue weighted by molar-refractivity contribution is 5.84. The largest absolute Gasteiger partial charge is 0.379 e. The highest BCUT2D eigenvalue weighted by atomic mass is 16.5. The van der Waals surface area contributed by atoms with E-state index in [4.69, 9.17) is 9.47 Å². The molecule has 0 aromatic heterocycles. The normalized spacial score (nSPS) is 36.7. The summed E-state index contributed by atoms with van der Waals surface area (Å²) in [6, 6.07) is 0. The highest BCUT2D eigenvalue weighted by Gasteiger charge is 2.51. The van der Waals surface area contributed by atoms with Crippen molar-refractivity contribution in [2.75, 3.05) is 32.9 Å². The van der Waals surface area contributed by atoms with Gasteiger partial charge in [0.25, 0.3) is 0 Å². The summed E-state index contributed by atoms with van der Waals surface area (Å²) < 4.78 is 10.9. The zero-order chi connectivity index (χ0) is 18.7. The van der Waals surface area contributed by atoms with E-state index < -0.39 is 0 Å². The minimum Gasteiger partial charge on any atom is -0.379 e. The van der Waals surface area contributed by atoms with Crippen molar-refractivity contribution in [1.82, 2.24) is 10.6 Å². The molecule has 6 heteroatoms. The third-order valence-electron chi connectivity index (χ3n) is 7.03. The summed E-state index contributed by atoms with van der Waals surface area (Å²) in [5, 5.41) is 5.70. The Kier molecular flexibility index (Phi) is 6.02. The quantitative estimate of drug-likeness (QED) is 0.602. The molecule has 5 fully saturated rings. The molecule has 1 heterocycles. The van der Waals surface area contributed by atoms with Crippen LogP contribution in [0.2, 0.25) is 0 Å². The molecule has 2 amide bonds. The summed E-state index contributed by atoms with van der Waals surface area (Å²) in [6.07, 6.45) is 10.4. The number of rotatable bonds is 9. The predicted octanol–water partition coefficient (Wildman–Crippen LogP) is 2.02. The number of ether oxygens (including phenoxy) is 2. The van der Waals surface area contributed by atoms with Gasteiger partial charge in [0.15, 0.2) is 0 Å². The van der Waals surface area contributed by atoms with Gasteiger partial charge in [-0.3, -0.25) is 9.59 Å². The minimum atomic E-state index is -0.113. The van der Waals surface area contributed by atoms with Gasteiger partial charge in [0.05, 0.1) is 19.3 Å². The number of hydrogen-bond donors (Lipinski definition) is 2. The molecular formula is C21H34N2O4. The average Bonchev–Trinajstić information content (AvgIpc) is 3.11. The van der Waals surface area contributed by atoms with Gasteiger partial charge in [0, 0.05) is 26.2 Å². The first kappa shape index (κ1) is 19.2. The van der Waals surface area contributed by atoms with Crippen molar-refractivity contribution in [3.63, 3.8) is 0 Å². The zero-order valence-electron chi connectivity index (χ0n) is 16.3. The second-order valence-corrected chi connectivity index (χ2v) is 9.43. The molecule has 4 saturated carbocycles. The lowest BCUT2D eigenvalue weighted by atomic mass is 9.49. The molecule has 6 nitrogen and oxygen atoms in total. The molecule has 0 aromatic carbocycles. The van der Waals surface area contributed by atoms with Gasteiger partial charge >= 0.3 is 0 Å². The standard InChI is InChI=1S/C21H34N2O4/c24-19(12-21-9-15-6-16(10-21)8-17(7-15)11-21)23-13-20(25)22-3-1-4-27-18-2-5-26-14-18/h15-18H,1-14H2,(H,22,25)(H,23,24)/t15?,16?,17?,18-,21?/m1/s1. The number of nitrogens with one attached hydrogen (secondary N) is 2. The topological polar surface area (TPSA) is 76.7 Å². The van der Waals surface area contributed by atoms with E-state index in [1.807, 2.05) is 0 Å². The van der Waals surface area contributed by atoms with Crippen LogP contribution >= 0.6 is 0 Å². The van der Waals surface area contributed by atoms with Gasteiger partial charge in [0.1, 0.15) is 0 Å². The van der Waals surface area contributed by atoms with Crippen LogP contribution in [0.15, 0.2) is 0 Å². The van der Waals surface area contributed by atoms with Crippen LogP contribution in [-0.2, 0) is 19.1 Å². The van der Waals surface area contributed by atoms with Crippen LogP contribution < -0.4 is 10.6 Å². The monoisotopic (exact) mass is 378 g/mol. The maximum atomic E-state index is 12.4. The summed E-state index contributed by atoms with van der Waals surface area (Å²) in [4.78, 5) is 24.4. The van der Waals surface area contributed by atoms with Crippen molar-refractivity contribution in [2.45, 2.75) is 63.9 Å². The van der Waals surface area contributed by atoms with Gasteiger partial charge in [-0.1, -0.05) is 0 Å². The zero-order valence-corrected chi connectivity index (χ0v) is 16.3. The fraction of sp³-hybridized carbons (Fsp3) is 0.905. The molecule has 0 unspecified atom stereocenters. The Bertz CT molecular complexity index is 509. The number of amides is 2. The molecule has 27 heavy (non-hydrogen) atoms. The van der Waals surface area contributed by atoms with Crippen molar-refractivity contribution in [1.29, 1.82) is 0 Å². The number of hydrogen-bond acceptors (Lipinski definition) is 4. The summed E-state index contributed by atoms with van der Waals surface area (Å²) in [6.45, 7) is 2.76. The third kappa shape index (κ3) is 5.02. The summed E-state index contributed by atoms with van der Waals surface area (Å²) in [7, 11) is 0. The maximum absolute atomic E-state index is 12.4. The van der Waals surface area contributed by atoms with Crippen molar-refractivity contribution in [2.24, 2.45) is 23.2 Å². The van der Waals surface area contributed by atoms with E-state index in [0.29, 0.717) is 26.2 Å². The van der Waals surface area contributed by atoms with E-state index in [9.17, 15) is 9.59 Å². The molecule has 1 saturated heterocycles. The Morgan fingerprint density at radius 1 is 1.00 bits per heavy atom. The Hall–Kier alpha value is -1.14. The van der Waals surface area contributed by atoms with E-state index in [1.54, 1.807) is 0 Å². The molecule has 1 atom stereocenters. The van der Waals surface area contributed by atoms with E-state index in [0.717, 1.165) is 37.2 Å². The summed E-state index contributed by atoms with van der Waals surface area (Å²) in [5.41, 5.74) is 0.233. The molecule has 4 aliphatic carbocycles. The van der Waals surface area contributed by atoms with Crippen LogP contribution in [-0.4, -0.2) is 50.8 Å². The van der Waals surface area contributed by atoms with E-state index in [1.165, 1.54) is 38.5 Å². The smallest absolute Gasteiger partial charge is 0.239 e. The van der Waals surface area contributed by atoms with Gasteiger partial charge in [-0.15, -0.1) is 0 Å². The first-order valence-electron chi connectivity index (χ1n) is 10.8. The molecule has 1 aliphatic heterocycles. The molecule has 0 radical (unpaired) electrons. The SMILES string of the molecule is O=C(CNC(=O)CC12CC3CC(CC(C3)C1)C2)NCCCO[C@@H]1CCOC1. The molecule has 2 N–H and O–H groups in total. The lowest BCUT2D eigenvalue weighted by Gasteiger charge is -2.56. The van der Waals surface area contributed by atoms with Crippen LogP contribution in [0.5, 0.6) is 0 Å². The Morgan fingerprint density at radius 3 is 2.33 bits per heavy atom. The first-order valence-corrected chi connectivity index (χ1v) is 10.8. The second-order valence-electron chi connectivity index (χ2n) is 9.43. The van der Waals surface area contributed by atoms with Crippen LogP contribution in [0.1, 0.15) is 57.8 Å². The van der Waals surface area contributed by atoms with E-state index >= 15 is 0 Å². The first-order chi connectivity index (χ1) is 13.1. The molecule has 4 bridgehead atoms. The van der Waals surface area contributed by atoms with Crippen LogP contribution in [0.4, 0.5) is 0 Å². The molecule has 0 spiro atoms. The second kappa shape index (κ2) is 8.48. The maximum Gasteiger partial charge on any atom is 0.239 e. The molecular weight excluding hydrogens is 344 g/mol. The van der Waals surface area contributed by atoms with Gasteiger partial charge < -0.3 is 20.1 Å². The molecule has 5 aliphatic rings. The van der Waals surface area contributed by atoms with Crippen molar-refractivity contribution in [3.05, 3.63) is 0 Å². The van der Waals surface area contributed by atoms with Crippen molar-refractivity contribution < 1.29 is 19.1 Å². The number of carbonyl (C=O) groups is 2. The Labute approximate surface area is 162 Å². The fourth-order valence-corrected chi connectivity index (χ4v) is 6.35. The Morgan fingerprint density at radius 2 is 1.70 bits per heavy atom. The van der Waals surface area contributed by atoms with Gasteiger partial charge in [-0.2, -0.15) is 0 Å². The molecule has 0 aromatic rings. The van der Waals surface area contributed by atoms with Crippen LogP contribution in [0, 0.1) is 23.2 Å². The highest BCUT2D eigenvalue weighted by Crippen LogP contribution is 2.61. The van der Waals surface area contributed by atoms with Crippen LogP contribution in [0.3, 0.4) is 0 Å². The average molecular weight is 379 g/mol. The number of carbonyl (C=O) groups excluding carboxylic acids is 2. The Balaban J connectivity index is 1.09.